The van der Waals surface area contributed by atoms with Gasteiger partial charge in [-0.05, 0) is 31.2 Å². The van der Waals surface area contributed by atoms with Gasteiger partial charge in [0.1, 0.15) is 12.4 Å². The predicted molar refractivity (Wildman–Crippen MR) is 70.6 cm³/mol. The zero-order valence-electron chi connectivity index (χ0n) is 10.7. The van der Waals surface area contributed by atoms with E-state index in [4.69, 9.17) is 10.00 Å². The predicted octanol–water partition coefficient (Wildman–Crippen LogP) is 1.23. The van der Waals surface area contributed by atoms with Gasteiger partial charge in [-0.25, -0.2) is 0 Å². The number of piperazine rings is 1. The molecule has 1 fully saturated rings. The molecule has 18 heavy (non-hydrogen) atoms. The SMILES string of the molecule is CC1CNCCN1CCOc1ccc(C#N)cc1. The number of benzene rings is 1. The average molecular weight is 245 g/mol. The largest absolute Gasteiger partial charge is 0.492 e. The molecular formula is C14H19N3O. The molecule has 0 amide bonds. The Bertz CT molecular complexity index is 410. The van der Waals surface area contributed by atoms with Crippen LogP contribution in [0.15, 0.2) is 24.3 Å². The lowest BCUT2D eigenvalue weighted by atomic mass is 10.2. The molecule has 1 aliphatic heterocycles. The lowest BCUT2D eigenvalue weighted by Crippen LogP contribution is -2.50. The zero-order valence-corrected chi connectivity index (χ0v) is 10.7. The van der Waals surface area contributed by atoms with E-state index in [1.807, 2.05) is 12.1 Å². The molecule has 1 aliphatic rings. The molecule has 4 nitrogen and oxygen atoms in total. The summed E-state index contributed by atoms with van der Waals surface area (Å²) in [6.07, 6.45) is 0. The van der Waals surface area contributed by atoms with Gasteiger partial charge < -0.3 is 10.1 Å². The van der Waals surface area contributed by atoms with Crippen LogP contribution in [0.3, 0.4) is 0 Å². The van der Waals surface area contributed by atoms with Gasteiger partial charge in [-0.3, -0.25) is 4.90 Å². The van der Waals surface area contributed by atoms with Crippen molar-refractivity contribution in [2.45, 2.75) is 13.0 Å². The normalized spacial score (nSPS) is 20.3. The van der Waals surface area contributed by atoms with Crippen LogP contribution in [0.4, 0.5) is 0 Å². The van der Waals surface area contributed by atoms with E-state index >= 15 is 0 Å². The van der Waals surface area contributed by atoms with Crippen LogP contribution in [0, 0.1) is 11.3 Å². The maximum Gasteiger partial charge on any atom is 0.119 e. The van der Waals surface area contributed by atoms with Crippen LogP contribution in [-0.4, -0.2) is 43.7 Å². The Hall–Kier alpha value is -1.57. The highest BCUT2D eigenvalue weighted by molar-refractivity contribution is 5.34. The summed E-state index contributed by atoms with van der Waals surface area (Å²) in [6, 6.07) is 9.92. The van der Waals surface area contributed by atoms with Crippen molar-refractivity contribution in [1.82, 2.24) is 10.2 Å². The van der Waals surface area contributed by atoms with Crippen molar-refractivity contribution in [2.75, 3.05) is 32.8 Å². The first-order chi connectivity index (χ1) is 8.79. The third-order valence-electron chi connectivity index (χ3n) is 3.27. The van der Waals surface area contributed by atoms with Crippen molar-refractivity contribution in [1.29, 1.82) is 5.26 Å². The van der Waals surface area contributed by atoms with Crippen LogP contribution < -0.4 is 10.1 Å². The highest BCUT2D eigenvalue weighted by atomic mass is 16.5. The van der Waals surface area contributed by atoms with Gasteiger partial charge in [0.25, 0.3) is 0 Å². The second-order valence-corrected chi connectivity index (χ2v) is 4.57. The molecule has 1 saturated heterocycles. The third-order valence-corrected chi connectivity index (χ3v) is 3.27. The Morgan fingerprint density at radius 3 is 2.89 bits per heavy atom. The van der Waals surface area contributed by atoms with Crippen molar-refractivity contribution >= 4 is 0 Å². The van der Waals surface area contributed by atoms with Gasteiger partial charge in [-0.15, -0.1) is 0 Å². The van der Waals surface area contributed by atoms with Gasteiger partial charge in [-0.1, -0.05) is 0 Å². The monoisotopic (exact) mass is 245 g/mol. The van der Waals surface area contributed by atoms with Gasteiger partial charge >= 0.3 is 0 Å². The van der Waals surface area contributed by atoms with E-state index in [-0.39, 0.29) is 0 Å². The van der Waals surface area contributed by atoms with E-state index in [1.165, 1.54) is 0 Å². The average Bonchev–Trinajstić information content (AvgIpc) is 2.42. The molecule has 4 heteroatoms. The van der Waals surface area contributed by atoms with E-state index < -0.39 is 0 Å². The van der Waals surface area contributed by atoms with Crippen LogP contribution >= 0.6 is 0 Å². The van der Waals surface area contributed by atoms with Gasteiger partial charge in [0.15, 0.2) is 0 Å². The highest BCUT2D eigenvalue weighted by Gasteiger charge is 2.16. The number of nitrogens with one attached hydrogen (secondary N) is 1. The molecule has 1 unspecified atom stereocenters. The van der Waals surface area contributed by atoms with E-state index in [0.717, 1.165) is 31.9 Å². The molecule has 0 aliphatic carbocycles. The van der Waals surface area contributed by atoms with Crippen molar-refractivity contribution < 1.29 is 4.74 Å². The summed E-state index contributed by atoms with van der Waals surface area (Å²) in [5, 5.41) is 12.1. The van der Waals surface area contributed by atoms with Gasteiger partial charge in [0.05, 0.1) is 11.6 Å². The number of rotatable bonds is 4. The fraction of sp³-hybridized carbons (Fsp3) is 0.500. The Labute approximate surface area is 108 Å². The van der Waals surface area contributed by atoms with Crippen molar-refractivity contribution in [3.05, 3.63) is 29.8 Å². The van der Waals surface area contributed by atoms with Gasteiger partial charge in [-0.2, -0.15) is 5.26 Å². The number of ether oxygens (including phenoxy) is 1. The molecule has 1 heterocycles. The Morgan fingerprint density at radius 2 is 2.22 bits per heavy atom. The Kier molecular flexibility index (Phi) is 4.57. The number of nitriles is 1. The Balaban J connectivity index is 1.75. The molecule has 1 atom stereocenters. The summed E-state index contributed by atoms with van der Waals surface area (Å²) < 4.78 is 5.69. The molecular weight excluding hydrogens is 226 g/mol. The van der Waals surface area contributed by atoms with E-state index in [2.05, 4.69) is 23.2 Å². The van der Waals surface area contributed by atoms with E-state index in [1.54, 1.807) is 12.1 Å². The van der Waals surface area contributed by atoms with Gasteiger partial charge in [0, 0.05) is 32.2 Å². The third kappa shape index (κ3) is 3.46. The summed E-state index contributed by atoms with van der Waals surface area (Å²) >= 11 is 0. The maximum absolute atomic E-state index is 8.70. The lowest BCUT2D eigenvalue weighted by molar-refractivity contribution is 0.143. The Morgan fingerprint density at radius 1 is 1.44 bits per heavy atom. The summed E-state index contributed by atoms with van der Waals surface area (Å²) in [5.41, 5.74) is 0.665. The molecule has 0 saturated carbocycles. The second-order valence-electron chi connectivity index (χ2n) is 4.57. The topological polar surface area (TPSA) is 48.3 Å². The summed E-state index contributed by atoms with van der Waals surface area (Å²) in [6.45, 7) is 7.06. The minimum Gasteiger partial charge on any atom is -0.492 e. The molecule has 0 bridgehead atoms. The molecule has 1 N–H and O–H groups in total. The lowest BCUT2D eigenvalue weighted by Gasteiger charge is -2.33. The van der Waals surface area contributed by atoms with Crippen molar-refractivity contribution in [2.24, 2.45) is 0 Å². The number of hydrogen-bond acceptors (Lipinski definition) is 4. The van der Waals surface area contributed by atoms with Gasteiger partial charge in [0.2, 0.25) is 0 Å². The van der Waals surface area contributed by atoms with Crippen molar-refractivity contribution in [3.63, 3.8) is 0 Å². The fourth-order valence-corrected chi connectivity index (χ4v) is 2.12. The number of hydrogen-bond donors (Lipinski definition) is 1. The highest BCUT2D eigenvalue weighted by Crippen LogP contribution is 2.11. The minimum absolute atomic E-state index is 0.573. The number of nitrogens with zero attached hydrogens (tertiary/aromatic N) is 2. The minimum atomic E-state index is 0.573. The molecule has 0 radical (unpaired) electrons. The zero-order chi connectivity index (χ0) is 12.8. The molecule has 0 aromatic heterocycles. The van der Waals surface area contributed by atoms with Crippen LogP contribution in [0.1, 0.15) is 12.5 Å². The standard InChI is InChI=1S/C14H19N3O/c1-12-11-16-6-7-17(12)8-9-18-14-4-2-13(10-15)3-5-14/h2-5,12,16H,6-9,11H2,1H3. The maximum atomic E-state index is 8.70. The molecule has 1 aromatic rings. The van der Waals surface area contributed by atoms with Crippen LogP contribution in [0.5, 0.6) is 5.75 Å². The van der Waals surface area contributed by atoms with Crippen molar-refractivity contribution in [3.8, 4) is 11.8 Å². The van der Waals surface area contributed by atoms with Crippen LogP contribution in [-0.2, 0) is 0 Å². The molecule has 0 spiro atoms. The molecule has 1 aromatic carbocycles. The van der Waals surface area contributed by atoms with E-state index in [0.29, 0.717) is 18.2 Å². The summed E-state index contributed by atoms with van der Waals surface area (Å²) in [4.78, 5) is 2.43. The van der Waals surface area contributed by atoms with Crippen LogP contribution in [0.25, 0.3) is 0 Å². The summed E-state index contributed by atoms with van der Waals surface area (Å²) in [5.74, 6) is 0.830. The van der Waals surface area contributed by atoms with E-state index in [9.17, 15) is 0 Å². The molecule has 96 valence electrons. The summed E-state index contributed by atoms with van der Waals surface area (Å²) in [7, 11) is 0. The quantitative estimate of drug-likeness (QED) is 0.867. The first-order valence-corrected chi connectivity index (χ1v) is 6.37. The second kappa shape index (κ2) is 6.39. The fourth-order valence-electron chi connectivity index (χ4n) is 2.12. The molecule has 2 rings (SSSR count). The van der Waals surface area contributed by atoms with Crippen LogP contribution in [0.2, 0.25) is 0 Å². The smallest absolute Gasteiger partial charge is 0.119 e. The first kappa shape index (κ1) is 12.9. The first-order valence-electron chi connectivity index (χ1n) is 6.37.